The second kappa shape index (κ2) is 6.34. The lowest BCUT2D eigenvalue weighted by molar-refractivity contribution is 0.409. The molecule has 0 aliphatic rings. The molecule has 21 heavy (non-hydrogen) atoms. The number of nitrogens with two attached hydrogens (primary N) is 1. The van der Waals surface area contributed by atoms with Gasteiger partial charge in [-0.15, -0.1) is 0 Å². The maximum atomic E-state index is 12.3. The number of hydrogen-bond donors (Lipinski definition) is 2. The van der Waals surface area contributed by atoms with Crippen LogP contribution in [-0.4, -0.2) is 15.5 Å². The van der Waals surface area contributed by atoms with Crippen LogP contribution in [0.25, 0.3) is 0 Å². The van der Waals surface area contributed by atoms with E-state index in [4.69, 9.17) is 22.1 Å². The minimum atomic E-state index is -3.81. The molecule has 0 saturated heterocycles. The van der Waals surface area contributed by atoms with Crippen LogP contribution >= 0.6 is 11.6 Å². The first-order valence-electron chi connectivity index (χ1n) is 6.11. The number of nitrogens with one attached hydrogen (secondary N) is 1. The largest absolute Gasteiger partial charge is 0.496 e. The monoisotopic (exact) mass is 326 g/mol. The molecule has 0 aliphatic heterocycles. The van der Waals surface area contributed by atoms with Gasteiger partial charge < -0.3 is 10.5 Å². The number of nitrogen functional groups attached to an aromatic ring is 1. The van der Waals surface area contributed by atoms with Crippen molar-refractivity contribution in [2.24, 2.45) is 0 Å². The molecule has 0 radical (unpaired) electrons. The number of hydrogen-bond acceptors (Lipinski definition) is 4. The molecule has 0 spiro atoms. The molecule has 2 rings (SSSR count). The van der Waals surface area contributed by atoms with Crippen LogP contribution in [0, 0.1) is 0 Å². The molecule has 2 aromatic rings. The molecule has 5 nitrogen and oxygen atoms in total. The number of ether oxygens (including phenoxy) is 1. The molecule has 0 unspecified atom stereocenters. The number of sulfonamides is 1. The van der Waals surface area contributed by atoms with Crippen molar-refractivity contribution in [2.75, 3.05) is 12.8 Å². The first kappa shape index (κ1) is 15.6. The van der Waals surface area contributed by atoms with Crippen molar-refractivity contribution in [3.63, 3.8) is 0 Å². The molecule has 7 heteroatoms. The summed E-state index contributed by atoms with van der Waals surface area (Å²) in [6, 6.07) is 11.7. The van der Waals surface area contributed by atoms with Gasteiger partial charge in [-0.3, -0.25) is 0 Å². The van der Waals surface area contributed by atoms with E-state index in [0.717, 1.165) is 0 Å². The Bertz CT molecular complexity index is 727. The van der Waals surface area contributed by atoms with E-state index in [9.17, 15) is 8.42 Å². The summed E-state index contributed by atoms with van der Waals surface area (Å²) in [5.41, 5.74) is 6.53. The third-order valence-electron chi connectivity index (χ3n) is 2.91. The van der Waals surface area contributed by atoms with Crippen molar-refractivity contribution in [2.45, 2.75) is 11.4 Å². The molecule has 0 aromatic heterocycles. The van der Waals surface area contributed by atoms with Crippen molar-refractivity contribution in [3.8, 4) is 5.75 Å². The summed E-state index contributed by atoms with van der Waals surface area (Å²) in [6.07, 6.45) is 0. The Balaban J connectivity index is 2.27. The Morgan fingerprint density at radius 1 is 1.19 bits per heavy atom. The smallest absolute Gasteiger partial charge is 0.244 e. The second-order valence-corrected chi connectivity index (χ2v) is 6.41. The molecular formula is C14H15ClN2O3S. The Hall–Kier alpha value is -1.76. The highest BCUT2D eigenvalue weighted by Crippen LogP contribution is 2.27. The molecule has 112 valence electrons. The maximum Gasteiger partial charge on any atom is 0.244 e. The summed E-state index contributed by atoms with van der Waals surface area (Å²) in [4.78, 5) is -0.110. The first-order valence-corrected chi connectivity index (χ1v) is 7.97. The Kier molecular flexibility index (Phi) is 4.72. The van der Waals surface area contributed by atoms with E-state index < -0.39 is 10.0 Å². The quantitative estimate of drug-likeness (QED) is 0.827. The fourth-order valence-corrected chi connectivity index (χ4v) is 3.58. The van der Waals surface area contributed by atoms with Gasteiger partial charge in [0.15, 0.2) is 0 Å². The van der Waals surface area contributed by atoms with Crippen molar-refractivity contribution >= 4 is 27.3 Å². The van der Waals surface area contributed by atoms with Crippen LogP contribution in [0.4, 0.5) is 5.69 Å². The highest BCUT2D eigenvalue weighted by molar-refractivity contribution is 7.89. The van der Waals surface area contributed by atoms with E-state index in [1.165, 1.54) is 19.2 Å². The fraction of sp³-hybridized carbons (Fsp3) is 0.143. The molecular weight excluding hydrogens is 312 g/mol. The van der Waals surface area contributed by atoms with Gasteiger partial charge in [-0.1, -0.05) is 35.9 Å². The summed E-state index contributed by atoms with van der Waals surface area (Å²) in [5, 5.41) is 0.0857. The van der Waals surface area contributed by atoms with Crippen molar-refractivity contribution in [1.29, 1.82) is 0 Å². The minimum Gasteiger partial charge on any atom is -0.496 e. The van der Waals surface area contributed by atoms with Gasteiger partial charge in [-0.05, 0) is 18.2 Å². The second-order valence-electron chi connectivity index (χ2n) is 4.29. The number of anilines is 1. The lowest BCUT2D eigenvalue weighted by Crippen LogP contribution is -2.24. The lowest BCUT2D eigenvalue weighted by Gasteiger charge is -2.12. The summed E-state index contributed by atoms with van der Waals surface area (Å²) in [6.45, 7) is 0.0804. The predicted octanol–water partition coefficient (Wildman–Crippen LogP) is 2.41. The number of halogens is 1. The highest BCUT2D eigenvalue weighted by Gasteiger charge is 2.21. The molecule has 0 aliphatic carbocycles. The molecule has 0 bridgehead atoms. The minimum absolute atomic E-state index is 0.0804. The zero-order chi connectivity index (χ0) is 15.5. The number of para-hydroxylation sites is 1. The van der Waals surface area contributed by atoms with Crippen LogP contribution in [0.3, 0.4) is 0 Å². The van der Waals surface area contributed by atoms with Gasteiger partial charge >= 0.3 is 0 Å². The van der Waals surface area contributed by atoms with E-state index >= 15 is 0 Å². The molecule has 0 saturated carbocycles. The van der Waals surface area contributed by atoms with Gasteiger partial charge in [0.2, 0.25) is 10.0 Å². The first-order chi connectivity index (χ1) is 9.95. The SMILES string of the molecule is COc1ccccc1CNS(=O)(=O)c1c(N)cccc1Cl. The van der Waals surface area contributed by atoms with Gasteiger partial charge in [-0.2, -0.15) is 0 Å². The Labute approximate surface area is 128 Å². The number of rotatable bonds is 5. The van der Waals surface area contributed by atoms with E-state index in [2.05, 4.69) is 4.72 Å². The molecule has 2 aromatic carbocycles. The van der Waals surface area contributed by atoms with Crippen LogP contribution in [0.15, 0.2) is 47.4 Å². The molecule has 0 amide bonds. The molecule has 0 fully saturated rings. The summed E-state index contributed by atoms with van der Waals surface area (Å²) in [7, 11) is -2.28. The standard InChI is InChI=1S/C14H15ClN2O3S/c1-20-13-8-3-2-5-10(13)9-17-21(18,19)14-11(15)6-4-7-12(14)16/h2-8,17H,9,16H2,1H3. The fourth-order valence-electron chi connectivity index (χ4n) is 1.90. The van der Waals surface area contributed by atoms with Crippen LogP contribution < -0.4 is 15.2 Å². The number of methoxy groups -OCH3 is 1. The van der Waals surface area contributed by atoms with Gasteiger partial charge in [0, 0.05) is 12.1 Å². The molecule has 0 heterocycles. The Morgan fingerprint density at radius 2 is 1.90 bits per heavy atom. The average molecular weight is 327 g/mol. The van der Waals surface area contributed by atoms with Crippen molar-refractivity contribution in [1.82, 2.24) is 4.72 Å². The predicted molar refractivity (Wildman–Crippen MR) is 82.9 cm³/mol. The topological polar surface area (TPSA) is 81.4 Å². The summed E-state index contributed by atoms with van der Waals surface area (Å²) >= 11 is 5.93. The van der Waals surface area contributed by atoms with Gasteiger partial charge in [0.25, 0.3) is 0 Å². The van der Waals surface area contributed by atoms with Crippen LogP contribution in [0.5, 0.6) is 5.75 Å². The average Bonchev–Trinajstić information content (AvgIpc) is 2.45. The van der Waals surface area contributed by atoms with E-state index in [-0.39, 0.29) is 22.2 Å². The lowest BCUT2D eigenvalue weighted by atomic mass is 10.2. The van der Waals surface area contributed by atoms with E-state index in [1.54, 1.807) is 24.3 Å². The zero-order valence-electron chi connectivity index (χ0n) is 11.3. The van der Waals surface area contributed by atoms with Crippen molar-refractivity contribution in [3.05, 3.63) is 53.1 Å². The maximum absolute atomic E-state index is 12.3. The summed E-state index contributed by atoms with van der Waals surface area (Å²) < 4.78 is 32.3. The molecule has 0 atom stereocenters. The van der Waals surface area contributed by atoms with Crippen LogP contribution in [-0.2, 0) is 16.6 Å². The van der Waals surface area contributed by atoms with Gasteiger partial charge in [0.1, 0.15) is 10.6 Å². The highest BCUT2D eigenvalue weighted by atomic mass is 35.5. The third-order valence-corrected chi connectivity index (χ3v) is 4.86. The van der Waals surface area contributed by atoms with Crippen LogP contribution in [0.2, 0.25) is 5.02 Å². The van der Waals surface area contributed by atoms with Crippen LogP contribution in [0.1, 0.15) is 5.56 Å². The normalized spacial score (nSPS) is 11.3. The van der Waals surface area contributed by atoms with Crippen molar-refractivity contribution < 1.29 is 13.2 Å². The Morgan fingerprint density at radius 3 is 2.57 bits per heavy atom. The van der Waals surface area contributed by atoms with Gasteiger partial charge in [0.05, 0.1) is 17.8 Å². The number of benzene rings is 2. The third kappa shape index (κ3) is 3.47. The molecule has 3 N–H and O–H groups in total. The summed E-state index contributed by atoms with van der Waals surface area (Å²) in [5.74, 6) is 0.604. The zero-order valence-corrected chi connectivity index (χ0v) is 12.9. The van der Waals surface area contributed by atoms with Gasteiger partial charge in [-0.25, -0.2) is 13.1 Å². The van der Waals surface area contributed by atoms with E-state index in [1.807, 2.05) is 6.07 Å². The van der Waals surface area contributed by atoms with E-state index in [0.29, 0.717) is 11.3 Å².